The molecule has 4 heteroatoms. The third-order valence-electron chi connectivity index (χ3n) is 2.08. The molecule has 16 heavy (non-hydrogen) atoms. The second-order valence-corrected chi connectivity index (χ2v) is 3.90. The number of hydrogen-bond donors (Lipinski definition) is 0. The summed E-state index contributed by atoms with van der Waals surface area (Å²) in [7, 11) is 0. The van der Waals surface area contributed by atoms with E-state index < -0.39 is 5.92 Å². The normalized spacial score (nSPS) is 11.6. The molecule has 0 aliphatic carbocycles. The van der Waals surface area contributed by atoms with Crippen LogP contribution in [-0.4, -0.2) is 11.6 Å². The van der Waals surface area contributed by atoms with Gasteiger partial charge in [-0.05, 0) is 24.6 Å². The van der Waals surface area contributed by atoms with Crippen molar-refractivity contribution in [3.05, 3.63) is 34.9 Å². The number of rotatable bonds is 4. The zero-order valence-electron chi connectivity index (χ0n) is 8.74. The summed E-state index contributed by atoms with van der Waals surface area (Å²) in [6.07, 6.45) is -0.207. The summed E-state index contributed by atoms with van der Waals surface area (Å²) < 4.78 is 0. The minimum absolute atomic E-state index is 0.207. The highest BCUT2D eigenvalue weighted by Crippen LogP contribution is 2.20. The van der Waals surface area contributed by atoms with Gasteiger partial charge in [-0.25, -0.2) is 0 Å². The lowest BCUT2D eigenvalue weighted by atomic mass is 9.93. The Morgan fingerprint density at radius 1 is 1.38 bits per heavy atom. The third-order valence-corrected chi connectivity index (χ3v) is 2.33. The summed E-state index contributed by atoms with van der Waals surface area (Å²) in [4.78, 5) is 22.4. The first kappa shape index (κ1) is 12.4. The van der Waals surface area contributed by atoms with Crippen LogP contribution in [0.5, 0.6) is 0 Å². The van der Waals surface area contributed by atoms with Gasteiger partial charge in [0.1, 0.15) is 11.7 Å². The number of carbonyl (C=O) groups excluding carboxylic acids is 2. The van der Waals surface area contributed by atoms with E-state index in [1.54, 1.807) is 24.3 Å². The van der Waals surface area contributed by atoms with Crippen molar-refractivity contribution in [1.29, 1.82) is 5.26 Å². The predicted molar refractivity (Wildman–Crippen MR) is 60.1 cm³/mol. The van der Waals surface area contributed by atoms with Crippen molar-refractivity contribution in [2.24, 2.45) is 0 Å². The van der Waals surface area contributed by atoms with E-state index in [-0.39, 0.29) is 18.0 Å². The van der Waals surface area contributed by atoms with Crippen molar-refractivity contribution in [3.8, 4) is 6.07 Å². The Bertz CT molecular complexity index is 445. The third kappa shape index (κ3) is 3.18. The molecular weight excluding hydrogens is 226 g/mol. The smallest absolute Gasteiger partial charge is 0.161 e. The number of hydrogen-bond acceptors (Lipinski definition) is 3. The average Bonchev–Trinajstić information content (AvgIpc) is 2.21. The van der Waals surface area contributed by atoms with E-state index in [4.69, 9.17) is 16.9 Å². The van der Waals surface area contributed by atoms with Crippen molar-refractivity contribution in [2.45, 2.75) is 19.3 Å². The highest BCUT2D eigenvalue weighted by atomic mass is 35.5. The second kappa shape index (κ2) is 5.43. The van der Waals surface area contributed by atoms with E-state index in [2.05, 4.69) is 0 Å². The lowest BCUT2D eigenvalue weighted by Gasteiger charge is -2.07. The number of nitrogens with zero attached hydrogens (tertiary/aromatic N) is 1. The minimum Gasteiger partial charge on any atom is -0.300 e. The van der Waals surface area contributed by atoms with Gasteiger partial charge in [0.05, 0.1) is 12.5 Å². The molecule has 1 rings (SSSR count). The van der Waals surface area contributed by atoms with Crippen LogP contribution in [0.3, 0.4) is 0 Å². The van der Waals surface area contributed by atoms with Crippen LogP contribution in [0.4, 0.5) is 0 Å². The largest absolute Gasteiger partial charge is 0.300 e. The maximum Gasteiger partial charge on any atom is 0.161 e. The van der Waals surface area contributed by atoms with Gasteiger partial charge in [-0.3, -0.25) is 9.59 Å². The van der Waals surface area contributed by atoms with Crippen LogP contribution in [0.25, 0.3) is 0 Å². The number of benzene rings is 1. The molecule has 0 aliphatic rings. The first-order chi connectivity index (χ1) is 7.54. The van der Waals surface area contributed by atoms with E-state index in [1.165, 1.54) is 6.92 Å². The van der Waals surface area contributed by atoms with E-state index >= 15 is 0 Å². The van der Waals surface area contributed by atoms with Gasteiger partial charge in [0.15, 0.2) is 5.78 Å². The Balaban J connectivity index is 2.91. The van der Waals surface area contributed by atoms with E-state index in [9.17, 15) is 9.59 Å². The highest BCUT2D eigenvalue weighted by molar-refractivity contribution is 6.30. The standard InChI is InChI=1S/C12H10ClNO2/c1-8(15)6-12(16)11(7-14)9-2-4-10(13)5-3-9/h2-5,11H,6H2,1H3. The summed E-state index contributed by atoms with van der Waals surface area (Å²) in [5.74, 6) is -1.50. The zero-order valence-corrected chi connectivity index (χ0v) is 9.49. The molecule has 0 fully saturated rings. The first-order valence-electron chi connectivity index (χ1n) is 4.72. The zero-order chi connectivity index (χ0) is 12.1. The van der Waals surface area contributed by atoms with Crippen molar-refractivity contribution < 1.29 is 9.59 Å². The molecular formula is C12H10ClNO2. The topological polar surface area (TPSA) is 57.9 Å². The summed E-state index contributed by atoms with van der Waals surface area (Å²) in [5, 5.41) is 9.46. The van der Waals surface area contributed by atoms with Gasteiger partial charge in [0.2, 0.25) is 0 Å². The molecule has 0 saturated heterocycles. The second-order valence-electron chi connectivity index (χ2n) is 3.46. The van der Waals surface area contributed by atoms with E-state index in [0.717, 1.165) is 0 Å². The molecule has 0 spiro atoms. The Morgan fingerprint density at radius 3 is 2.38 bits per heavy atom. The molecule has 1 aromatic rings. The van der Waals surface area contributed by atoms with Gasteiger partial charge in [0, 0.05) is 5.02 Å². The van der Waals surface area contributed by atoms with Crippen LogP contribution in [0.15, 0.2) is 24.3 Å². The molecule has 0 aromatic heterocycles. The predicted octanol–water partition coefficient (Wildman–Crippen LogP) is 2.50. The van der Waals surface area contributed by atoms with Gasteiger partial charge in [-0.1, -0.05) is 23.7 Å². The number of nitriles is 1. The van der Waals surface area contributed by atoms with Crippen LogP contribution < -0.4 is 0 Å². The molecule has 0 heterocycles. The maximum atomic E-state index is 11.6. The Kier molecular flexibility index (Phi) is 4.21. The van der Waals surface area contributed by atoms with Gasteiger partial charge >= 0.3 is 0 Å². The monoisotopic (exact) mass is 235 g/mol. The average molecular weight is 236 g/mol. The highest BCUT2D eigenvalue weighted by Gasteiger charge is 2.20. The number of halogens is 1. The SMILES string of the molecule is CC(=O)CC(=O)C(C#N)c1ccc(Cl)cc1. The van der Waals surface area contributed by atoms with Crippen LogP contribution in [0.2, 0.25) is 5.02 Å². The molecule has 3 nitrogen and oxygen atoms in total. The molecule has 0 aliphatic heterocycles. The molecule has 0 bridgehead atoms. The molecule has 0 radical (unpaired) electrons. The summed E-state index contributed by atoms with van der Waals surface area (Å²) in [6, 6.07) is 8.36. The molecule has 0 saturated carbocycles. The van der Waals surface area contributed by atoms with Crippen molar-refractivity contribution >= 4 is 23.2 Å². The number of carbonyl (C=O) groups is 2. The minimum atomic E-state index is -0.888. The van der Waals surface area contributed by atoms with Crippen molar-refractivity contribution in [1.82, 2.24) is 0 Å². The first-order valence-corrected chi connectivity index (χ1v) is 5.09. The lowest BCUT2D eigenvalue weighted by Crippen LogP contribution is -2.13. The molecule has 0 amide bonds. The van der Waals surface area contributed by atoms with Crippen LogP contribution >= 0.6 is 11.6 Å². The number of ketones is 2. The molecule has 82 valence electrons. The Labute approximate surface area is 98.6 Å². The van der Waals surface area contributed by atoms with Gasteiger partial charge in [0.25, 0.3) is 0 Å². The lowest BCUT2D eigenvalue weighted by molar-refractivity contribution is -0.126. The quantitative estimate of drug-likeness (QED) is 0.754. The fraction of sp³-hybridized carbons (Fsp3) is 0.250. The number of Topliss-reactive ketones (excluding diaryl/α,β-unsaturated/α-hetero) is 2. The maximum absolute atomic E-state index is 11.6. The summed E-state index contributed by atoms with van der Waals surface area (Å²) in [6.45, 7) is 1.33. The van der Waals surface area contributed by atoms with Gasteiger partial charge in [-0.2, -0.15) is 5.26 Å². The molecule has 1 unspecified atom stereocenters. The fourth-order valence-electron chi connectivity index (χ4n) is 1.34. The Morgan fingerprint density at radius 2 is 1.94 bits per heavy atom. The van der Waals surface area contributed by atoms with Crippen molar-refractivity contribution in [2.75, 3.05) is 0 Å². The fourth-order valence-corrected chi connectivity index (χ4v) is 1.46. The van der Waals surface area contributed by atoms with E-state index in [0.29, 0.717) is 10.6 Å². The van der Waals surface area contributed by atoms with Crippen LogP contribution in [0, 0.1) is 11.3 Å². The van der Waals surface area contributed by atoms with Crippen LogP contribution in [-0.2, 0) is 9.59 Å². The molecule has 0 N–H and O–H groups in total. The molecule has 1 atom stereocenters. The van der Waals surface area contributed by atoms with Gasteiger partial charge < -0.3 is 0 Å². The van der Waals surface area contributed by atoms with Crippen LogP contribution in [0.1, 0.15) is 24.8 Å². The van der Waals surface area contributed by atoms with E-state index in [1.807, 2.05) is 6.07 Å². The summed E-state index contributed by atoms with van der Waals surface area (Å²) >= 11 is 5.70. The van der Waals surface area contributed by atoms with Crippen molar-refractivity contribution in [3.63, 3.8) is 0 Å². The molecule has 1 aromatic carbocycles. The summed E-state index contributed by atoms with van der Waals surface area (Å²) in [5.41, 5.74) is 0.568. The van der Waals surface area contributed by atoms with Gasteiger partial charge in [-0.15, -0.1) is 0 Å². The Hall–Kier alpha value is -1.66.